The molecule has 6 heteroatoms. The molecule has 0 aliphatic heterocycles. The Labute approximate surface area is 120 Å². The third kappa shape index (κ3) is 4.49. The average Bonchev–Trinajstić information content (AvgIpc) is 2.43. The zero-order chi connectivity index (χ0) is 14.5. The summed E-state index contributed by atoms with van der Waals surface area (Å²) in [5.41, 5.74) is 7.23. The smallest absolute Gasteiger partial charge is 0.240 e. The van der Waals surface area contributed by atoms with Gasteiger partial charge in [0.1, 0.15) is 0 Å². The molecule has 1 atom stereocenters. The molecular formula is C13H22N2O2S2. The Bertz CT molecular complexity index is 515. The quantitative estimate of drug-likeness (QED) is 0.805. The number of sulfonamides is 1. The molecule has 0 heterocycles. The van der Waals surface area contributed by atoms with Crippen molar-refractivity contribution in [2.45, 2.75) is 37.0 Å². The van der Waals surface area contributed by atoms with Crippen LogP contribution in [0.2, 0.25) is 0 Å². The van der Waals surface area contributed by atoms with Crippen LogP contribution in [0.5, 0.6) is 0 Å². The van der Waals surface area contributed by atoms with Gasteiger partial charge in [0.15, 0.2) is 0 Å². The highest BCUT2D eigenvalue weighted by molar-refractivity contribution is 7.99. The third-order valence-corrected chi connectivity index (χ3v) is 5.48. The van der Waals surface area contributed by atoms with E-state index in [0.29, 0.717) is 24.4 Å². The lowest BCUT2D eigenvalue weighted by atomic mass is 10.1. The van der Waals surface area contributed by atoms with Gasteiger partial charge in [0.25, 0.3) is 0 Å². The van der Waals surface area contributed by atoms with Crippen molar-refractivity contribution in [3.05, 3.63) is 29.3 Å². The number of nitrogens with two attached hydrogens (primary N) is 1. The molecule has 0 aromatic heterocycles. The first kappa shape index (κ1) is 16.5. The van der Waals surface area contributed by atoms with E-state index in [9.17, 15) is 8.42 Å². The summed E-state index contributed by atoms with van der Waals surface area (Å²) in [6, 6.07) is 5.39. The predicted octanol–water partition coefficient (Wildman–Crippen LogP) is 1.74. The van der Waals surface area contributed by atoms with Crippen molar-refractivity contribution >= 4 is 21.8 Å². The topological polar surface area (TPSA) is 72.2 Å². The molecule has 108 valence electrons. The van der Waals surface area contributed by atoms with Crippen molar-refractivity contribution in [3.63, 3.8) is 0 Å². The van der Waals surface area contributed by atoms with Gasteiger partial charge in [-0.2, -0.15) is 11.8 Å². The molecular weight excluding hydrogens is 280 g/mol. The van der Waals surface area contributed by atoms with Gasteiger partial charge in [0, 0.05) is 18.3 Å². The first-order valence-corrected chi connectivity index (χ1v) is 9.06. The van der Waals surface area contributed by atoms with Crippen molar-refractivity contribution in [3.8, 4) is 0 Å². The zero-order valence-electron chi connectivity index (χ0n) is 11.6. The van der Waals surface area contributed by atoms with E-state index in [0.717, 1.165) is 11.1 Å². The minimum absolute atomic E-state index is 0.248. The number of rotatable bonds is 7. The van der Waals surface area contributed by atoms with E-state index in [1.807, 2.05) is 32.2 Å². The molecule has 19 heavy (non-hydrogen) atoms. The Morgan fingerprint density at radius 3 is 2.63 bits per heavy atom. The van der Waals surface area contributed by atoms with Crippen LogP contribution in [-0.4, -0.2) is 26.5 Å². The summed E-state index contributed by atoms with van der Waals surface area (Å²) in [7, 11) is -3.46. The number of benzene rings is 1. The second-order valence-corrected chi connectivity index (χ2v) is 7.41. The fourth-order valence-electron chi connectivity index (χ4n) is 1.66. The molecule has 3 N–H and O–H groups in total. The Balaban J connectivity index is 3.05. The van der Waals surface area contributed by atoms with E-state index in [1.54, 1.807) is 17.8 Å². The molecule has 4 nitrogen and oxygen atoms in total. The van der Waals surface area contributed by atoms with Crippen LogP contribution in [0, 0.1) is 0 Å². The van der Waals surface area contributed by atoms with Gasteiger partial charge in [-0.25, -0.2) is 13.1 Å². The number of thioether (sulfide) groups is 1. The van der Waals surface area contributed by atoms with Crippen LogP contribution in [0.4, 0.5) is 0 Å². The van der Waals surface area contributed by atoms with Crippen LogP contribution in [-0.2, 0) is 23.0 Å². The van der Waals surface area contributed by atoms with Crippen LogP contribution < -0.4 is 10.5 Å². The fraction of sp³-hybridized carbons (Fsp3) is 0.538. The normalized spacial score (nSPS) is 13.5. The van der Waals surface area contributed by atoms with Crippen molar-refractivity contribution < 1.29 is 8.42 Å². The van der Waals surface area contributed by atoms with Gasteiger partial charge in [0.2, 0.25) is 10.0 Å². The van der Waals surface area contributed by atoms with Crippen molar-refractivity contribution in [2.75, 3.05) is 12.8 Å². The zero-order valence-corrected chi connectivity index (χ0v) is 13.3. The van der Waals surface area contributed by atoms with Gasteiger partial charge in [-0.05, 0) is 29.9 Å². The van der Waals surface area contributed by atoms with Gasteiger partial charge < -0.3 is 5.73 Å². The van der Waals surface area contributed by atoms with E-state index in [2.05, 4.69) is 4.72 Å². The highest BCUT2D eigenvalue weighted by Crippen LogP contribution is 2.19. The summed E-state index contributed by atoms with van der Waals surface area (Å²) in [5.74, 6) is 0. The Kier molecular flexibility index (Phi) is 6.32. The number of hydrogen-bond acceptors (Lipinski definition) is 4. The third-order valence-electron chi connectivity index (χ3n) is 3.00. The minimum Gasteiger partial charge on any atom is -0.326 e. The van der Waals surface area contributed by atoms with Crippen LogP contribution in [0.3, 0.4) is 0 Å². The molecule has 0 spiro atoms. The molecule has 0 radical (unpaired) electrons. The Hall–Kier alpha value is -0.560. The molecule has 0 saturated carbocycles. The summed E-state index contributed by atoms with van der Waals surface area (Å²) in [4.78, 5) is 0.353. The molecule has 0 bridgehead atoms. The molecule has 1 unspecified atom stereocenters. The van der Waals surface area contributed by atoms with E-state index in [4.69, 9.17) is 5.73 Å². The lowest BCUT2D eigenvalue weighted by Crippen LogP contribution is -2.30. The van der Waals surface area contributed by atoms with Gasteiger partial charge in [-0.15, -0.1) is 0 Å². The molecule has 1 aromatic carbocycles. The van der Waals surface area contributed by atoms with E-state index >= 15 is 0 Å². The van der Waals surface area contributed by atoms with Gasteiger partial charge in [-0.3, -0.25) is 0 Å². The highest BCUT2D eigenvalue weighted by Gasteiger charge is 2.18. The standard InChI is InChI=1S/C13H22N2O2S2/c1-4-12-6-5-11(8-14)7-13(12)19(16,17)15-9-10(2)18-3/h5-7,10,15H,4,8-9,14H2,1-3H3. The fourth-order valence-corrected chi connectivity index (χ4v) is 3.50. The van der Waals surface area contributed by atoms with Gasteiger partial charge in [0.05, 0.1) is 4.90 Å². The monoisotopic (exact) mass is 302 g/mol. The van der Waals surface area contributed by atoms with E-state index in [-0.39, 0.29) is 5.25 Å². The van der Waals surface area contributed by atoms with E-state index in [1.165, 1.54) is 0 Å². The number of nitrogens with one attached hydrogen (secondary N) is 1. The maximum absolute atomic E-state index is 12.3. The maximum Gasteiger partial charge on any atom is 0.240 e. The summed E-state index contributed by atoms with van der Waals surface area (Å²) in [6.07, 6.45) is 2.64. The molecule has 1 aromatic rings. The Morgan fingerprint density at radius 1 is 1.42 bits per heavy atom. The van der Waals surface area contributed by atoms with Crippen molar-refractivity contribution in [1.82, 2.24) is 4.72 Å². The van der Waals surface area contributed by atoms with Gasteiger partial charge >= 0.3 is 0 Å². The van der Waals surface area contributed by atoms with E-state index < -0.39 is 10.0 Å². The molecule has 0 aliphatic carbocycles. The lowest BCUT2D eigenvalue weighted by Gasteiger charge is -2.14. The average molecular weight is 302 g/mol. The maximum atomic E-state index is 12.3. The Morgan fingerprint density at radius 2 is 2.11 bits per heavy atom. The van der Waals surface area contributed by atoms with Crippen LogP contribution >= 0.6 is 11.8 Å². The lowest BCUT2D eigenvalue weighted by molar-refractivity contribution is 0.580. The molecule has 0 amide bonds. The molecule has 0 saturated heterocycles. The first-order valence-electron chi connectivity index (χ1n) is 6.29. The molecule has 0 fully saturated rings. The predicted molar refractivity (Wildman–Crippen MR) is 81.9 cm³/mol. The molecule has 0 aliphatic rings. The largest absolute Gasteiger partial charge is 0.326 e. The van der Waals surface area contributed by atoms with Crippen LogP contribution in [0.25, 0.3) is 0 Å². The number of hydrogen-bond donors (Lipinski definition) is 2. The SMILES string of the molecule is CCc1ccc(CN)cc1S(=O)(=O)NCC(C)SC. The summed E-state index contributed by atoms with van der Waals surface area (Å²) >= 11 is 1.63. The number of aryl methyl sites for hydroxylation is 1. The summed E-state index contributed by atoms with van der Waals surface area (Å²) < 4.78 is 27.3. The van der Waals surface area contributed by atoms with Crippen molar-refractivity contribution in [2.24, 2.45) is 5.73 Å². The van der Waals surface area contributed by atoms with Crippen LogP contribution in [0.15, 0.2) is 23.1 Å². The van der Waals surface area contributed by atoms with Crippen molar-refractivity contribution in [1.29, 1.82) is 0 Å². The van der Waals surface area contributed by atoms with Gasteiger partial charge in [-0.1, -0.05) is 26.0 Å². The second kappa shape index (κ2) is 7.28. The van der Waals surface area contributed by atoms with Crippen LogP contribution in [0.1, 0.15) is 25.0 Å². The minimum atomic E-state index is -3.46. The summed E-state index contributed by atoms with van der Waals surface area (Å²) in [5, 5.41) is 0.248. The second-order valence-electron chi connectivity index (χ2n) is 4.40. The molecule has 1 rings (SSSR count). The first-order chi connectivity index (χ1) is 8.94. The highest BCUT2D eigenvalue weighted by atomic mass is 32.2. The summed E-state index contributed by atoms with van der Waals surface area (Å²) in [6.45, 7) is 4.71.